The van der Waals surface area contributed by atoms with Crippen molar-refractivity contribution in [2.45, 2.75) is 6.42 Å². The fraction of sp³-hybridized carbons (Fsp3) is 0.250. The van der Waals surface area contributed by atoms with E-state index in [0.717, 1.165) is 18.8 Å². The van der Waals surface area contributed by atoms with Crippen molar-refractivity contribution in [3.05, 3.63) is 90.2 Å². The zero-order valence-electron chi connectivity index (χ0n) is 19.8. The summed E-state index contributed by atoms with van der Waals surface area (Å²) in [7, 11) is 0. The first kappa shape index (κ1) is 23.5. The summed E-state index contributed by atoms with van der Waals surface area (Å²) >= 11 is 0. The number of anilines is 3. The lowest BCUT2D eigenvalue weighted by molar-refractivity contribution is -0.122. The SMILES string of the molecule is O=C(Nc1ccccc1C(=O)N1CCN(c2ccccc2)CC1)[C@@H]1CC(=O)N(c2ccc(F)cc2)C1. The standard InChI is InChI=1S/C28H27FN4O3/c29-21-10-12-23(13-11-21)33-19-20(18-26(33)34)27(35)30-25-9-5-4-8-24(25)28(36)32-16-14-31(15-17-32)22-6-2-1-3-7-22/h1-13,20H,14-19H2,(H,30,35)/t20-/m1/s1. The van der Waals surface area contributed by atoms with E-state index in [4.69, 9.17) is 0 Å². The van der Waals surface area contributed by atoms with Crippen LogP contribution in [0.4, 0.5) is 21.5 Å². The predicted octanol–water partition coefficient (Wildman–Crippen LogP) is 3.78. The smallest absolute Gasteiger partial charge is 0.256 e. The molecular weight excluding hydrogens is 459 g/mol. The van der Waals surface area contributed by atoms with E-state index in [-0.39, 0.29) is 36.5 Å². The Morgan fingerprint density at radius 3 is 2.19 bits per heavy atom. The molecule has 2 aliphatic rings. The van der Waals surface area contributed by atoms with E-state index in [1.807, 2.05) is 18.2 Å². The van der Waals surface area contributed by atoms with E-state index in [9.17, 15) is 18.8 Å². The zero-order chi connectivity index (χ0) is 25.1. The molecule has 5 rings (SSSR count). The number of hydrogen-bond donors (Lipinski definition) is 1. The summed E-state index contributed by atoms with van der Waals surface area (Å²) in [6, 6.07) is 22.7. The van der Waals surface area contributed by atoms with Crippen LogP contribution < -0.4 is 15.1 Å². The summed E-state index contributed by atoms with van der Waals surface area (Å²) in [4.78, 5) is 44.5. The van der Waals surface area contributed by atoms with Crippen molar-refractivity contribution in [2.75, 3.05) is 47.8 Å². The Morgan fingerprint density at radius 1 is 0.806 bits per heavy atom. The maximum Gasteiger partial charge on any atom is 0.256 e. The number of hydrogen-bond acceptors (Lipinski definition) is 4. The van der Waals surface area contributed by atoms with Crippen molar-refractivity contribution < 1.29 is 18.8 Å². The van der Waals surface area contributed by atoms with Crippen LogP contribution in [0.1, 0.15) is 16.8 Å². The minimum Gasteiger partial charge on any atom is -0.368 e. The Hall–Kier alpha value is -4.20. The average Bonchev–Trinajstić information content (AvgIpc) is 3.31. The van der Waals surface area contributed by atoms with Crippen molar-refractivity contribution in [3.63, 3.8) is 0 Å². The number of para-hydroxylation sites is 2. The van der Waals surface area contributed by atoms with Crippen LogP contribution >= 0.6 is 0 Å². The largest absolute Gasteiger partial charge is 0.368 e. The maximum absolute atomic E-state index is 13.3. The van der Waals surface area contributed by atoms with Crippen LogP contribution in [-0.2, 0) is 9.59 Å². The molecule has 0 unspecified atom stereocenters. The number of nitrogens with zero attached hydrogens (tertiary/aromatic N) is 3. The van der Waals surface area contributed by atoms with E-state index >= 15 is 0 Å². The van der Waals surface area contributed by atoms with Crippen molar-refractivity contribution in [2.24, 2.45) is 5.92 Å². The highest BCUT2D eigenvalue weighted by molar-refractivity contribution is 6.07. The first-order valence-corrected chi connectivity index (χ1v) is 12.0. The van der Waals surface area contributed by atoms with Gasteiger partial charge < -0.3 is 20.0 Å². The lowest BCUT2D eigenvalue weighted by Gasteiger charge is -2.36. The molecule has 0 bridgehead atoms. The number of nitrogens with one attached hydrogen (secondary N) is 1. The summed E-state index contributed by atoms with van der Waals surface area (Å²) in [5, 5.41) is 2.87. The molecule has 0 aromatic heterocycles. The molecule has 184 valence electrons. The number of benzene rings is 3. The Kier molecular flexibility index (Phi) is 6.66. The van der Waals surface area contributed by atoms with Gasteiger partial charge >= 0.3 is 0 Å². The van der Waals surface area contributed by atoms with Crippen molar-refractivity contribution in [1.29, 1.82) is 0 Å². The molecule has 2 aliphatic heterocycles. The van der Waals surface area contributed by atoms with Crippen LogP contribution in [0.15, 0.2) is 78.9 Å². The Bertz CT molecular complexity index is 1260. The molecule has 2 heterocycles. The molecule has 3 aromatic rings. The van der Waals surface area contributed by atoms with Crippen molar-refractivity contribution in [1.82, 2.24) is 4.90 Å². The lowest BCUT2D eigenvalue weighted by atomic mass is 10.1. The van der Waals surface area contributed by atoms with Gasteiger partial charge in [-0.25, -0.2) is 4.39 Å². The monoisotopic (exact) mass is 486 g/mol. The van der Waals surface area contributed by atoms with Gasteiger partial charge in [0.15, 0.2) is 0 Å². The van der Waals surface area contributed by atoms with Crippen LogP contribution in [-0.4, -0.2) is 55.3 Å². The van der Waals surface area contributed by atoms with Crippen molar-refractivity contribution in [3.8, 4) is 0 Å². The van der Waals surface area contributed by atoms with Crippen LogP contribution in [0.25, 0.3) is 0 Å². The maximum atomic E-state index is 13.3. The second kappa shape index (κ2) is 10.2. The lowest BCUT2D eigenvalue weighted by Crippen LogP contribution is -2.49. The fourth-order valence-corrected chi connectivity index (χ4v) is 4.74. The number of halogens is 1. The third kappa shape index (κ3) is 4.93. The molecule has 0 spiro atoms. The molecule has 1 N–H and O–H groups in total. The van der Waals surface area contributed by atoms with Crippen LogP contribution in [0.5, 0.6) is 0 Å². The van der Waals surface area contributed by atoms with E-state index in [1.165, 1.54) is 29.2 Å². The van der Waals surface area contributed by atoms with Gasteiger partial charge in [-0.2, -0.15) is 0 Å². The fourth-order valence-electron chi connectivity index (χ4n) is 4.74. The number of piperazine rings is 1. The van der Waals surface area contributed by atoms with E-state index in [0.29, 0.717) is 30.0 Å². The topological polar surface area (TPSA) is 73.0 Å². The van der Waals surface area contributed by atoms with E-state index in [2.05, 4.69) is 22.3 Å². The third-order valence-electron chi connectivity index (χ3n) is 6.74. The second-order valence-electron chi connectivity index (χ2n) is 9.03. The van der Waals surface area contributed by atoms with Gasteiger partial charge in [0, 0.05) is 50.5 Å². The van der Waals surface area contributed by atoms with Crippen molar-refractivity contribution >= 4 is 34.8 Å². The quantitative estimate of drug-likeness (QED) is 0.596. The molecule has 0 radical (unpaired) electrons. The summed E-state index contributed by atoms with van der Waals surface area (Å²) in [5.74, 6) is -1.60. The van der Waals surface area contributed by atoms with Gasteiger partial charge in [0.05, 0.1) is 17.2 Å². The van der Waals surface area contributed by atoms with Gasteiger partial charge in [-0.05, 0) is 48.5 Å². The summed E-state index contributed by atoms with van der Waals surface area (Å²) in [5.41, 5.74) is 2.56. The molecule has 36 heavy (non-hydrogen) atoms. The number of carbonyl (C=O) groups is 3. The molecule has 7 nitrogen and oxygen atoms in total. The highest BCUT2D eigenvalue weighted by Gasteiger charge is 2.35. The van der Waals surface area contributed by atoms with E-state index < -0.39 is 5.92 Å². The number of carbonyl (C=O) groups excluding carboxylic acids is 3. The molecule has 0 saturated carbocycles. The Labute approximate surface area is 209 Å². The Balaban J connectivity index is 1.23. The molecule has 8 heteroatoms. The minimum absolute atomic E-state index is 0.0563. The van der Waals surface area contributed by atoms with Crippen LogP contribution in [0, 0.1) is 11.7 Å². The number of rotatable bonds is 5. The zero-order valence-corrected chi connectivity index (χ0v) is 19.8. The van der Waals surface area contributed by atoms with E-state index in [1.54, 1.807) is 29.2 Å². The molecule has 3 aromatic carbocycles. The molecular formula is C28H27FN4O3. The van der Waals surface area contributed by atoms with Gasteiger partial charge in [0.2, 0.25) is 11.8 Å². The first-order valence-electron chi connectivity index (χ1n) is 12.0. The molecule has 0 aliphatic carbocycles. The molecule has 3 amide bonds. The Morgan fingerprint density at radius 2 is 1.47 bits per heavy atom. The summed E-state index contributed by atoms with van der Waals surface area (Å²) in [6.45, 7) is 2.83. The molecule has 2 fully saturated rings. The highest BCUT2D eigenvalue weighted by atomic mass is 19.1. The van der Waals surface area contributed by atoms with Gasteiger partial charge in [-0.1, -0.05) is 30.3 Å². The highest BCUT2D eigenvalue weighted by Crippen LogP contribution is 2.27. The third-order valence-corrected chi connectivity index (χ3v) is 6.74. The first-order chi connectivity index (χ1) is 17.5. The van der Waals surface area contributed by atoms with Gasteiger partial charge in [-0.3, -0.25) is 14.4 Å². The van der Waals surface area contributed by atoms with Gasteiger partial charge in [-0.15, -0.1) is 0 Å². The van der Waals surface area contributed by atoms with Crippen LogP contribution in [0.3, 0.4) is 0 Å². The molecule has 1 atom stereocenters. The molecule has 2 saturated heterocycles. The van der Waals surface area contributed by atoms with Gasteiger partial charge in [0.1, 0.15) is 5.82 Å². The van der Waals surface area contributed by atoms with Crippen LogP contribution in [0.2, 0.25) is 0 Å². The minimum atomic E-state index is -0.569. The summed E-state index contributed by atoms with van der Waals surface area (Å²) in [6.07, 6.45) is 0.0563. The predicted molar refractivity (Wildman–Crippen MR) is 136 cm³/mol. The summed E-state index contributed by atoms with van der Waals surface area (Å²) < 4.78 is 13.3. The average molecular weight is 487 g/mol. The number of amides is 3. The second-order valence-corrected chi connectivity index (χ2v) is 9.03. The normalized spacial score (nSPS) is 17.9. The van der Waals surface area contributed by atoms with Gasteiger partial charge in [0.25, 0.3) is 5.91 Å².